The number of anilines is 1. The van der Waals surface area contributed by atoms with Crippen LogP contribution in [0.1, 0.15) is 18.4 Å². The molecule has 1 aliphatic heterocycles. The molecule has 0 unspecified atom stereocenters. The zero-order valence-corrected chi connectivity index (χ0v) is 22.4. The van der Waals surface area contributed by atoms with Crippen LogP contribution < -0.4 is 21.1 Å². The first-order chi connectivity index (χ1) is 18.1. The van der Waals surface area contributed by atoms with Gasteiger partial charge in [0.2, 0.25) is 0 Å². The minimum Gasteiger partial charge on any atom is -0.497 e. The predicted molar refractivity (Wildman–Crippen MR) is 154 cm³/mol. The van der Waals surface area contributed by atoms with Gasteiger partial charge in [0.25, 0.3) is 0 Å². The van der Waals surface area contributed by atoms with Crippen LogP contribution in [0.4, 0.5) is 5.69 Å². The van der Waals surface area contributed by atoms with E-state index < -0.39 is 0 Å². The number of piperazine rings is 1. The molecule has 0 amide bonds. The van der Waals surface area contributed by atoms with Crippen molar-refractivity contribution >= 4 is 5.69 Å². The number of pyridine rings is 1. The van der Waals surface area contributed by atoms with Gasteiger partial charge in [-0.05, 0) is 81.5 Å². The van der Waals surface area contributed by atoms with Crippen LogP contribution in [0, 0.1) is 0 Å². The number of hydrogen-bond acceptors (Lipinski definition) is 7. The molecule has 4 N–H and O–H groups in total. The first-order valence-electron chi connectivity index (χ1n) is 13.5. The van der Waals surface area contributed by atoms with E-state index in [0.29, 0.717) is 0 Å². The average Bonchev–Trinajstić information content (AvgIpc) is 2.95. The van der Waals surface area contributed by atoms with E-state index in [4.69, 9.17) is 15.5 Å². The van der Waals surface area contributed by atoms with Crippen molar-refractivity contribution in [1.82, 2.24) is 20.1 Å². The fourth-order valence-electron chi connectivity index (χ4n) is 4.65. The molecule has 0 saturated carbocycles. The van der Waals surface area contributed by atoms with Crippen LogP contribution in [-0.4, -0.2) is 81.3 Å². The highest BCUT2D eigenvalue weighted by molar-refractivity contribution is 5.72. The third-order valence-electron chi connectivity index (χ3n) is 6.87. The lowest BCUT2D eigenvalue weighted by atomic mass is 10.0. The van der Waals surface area contributed by atoms with E-state index in [2.05, 4.69) is 76.0 Å². The number of rotatable bonds is 13. The largest absolute Gasteiger partial charge is 0.497 e. The van der Waals surface area contributed by atoms with E-state index in [0.717, 1.165) is 106 Å². The zero-order valence-electron chi connectivity index (χ0n) is 22.4. The van der Waals surface area contributed by atoms with Gasteiger partial charge >= 0.3 is 0 Å². The molecule has 0 aliphatic carbocycles. The van der Waals surface area contributed by atoms with Crippen LogP contribution in [0.25, 0.3) is 22.5 Å². The van der Waals surface area contributed by atoms with Gasteiger partial charge in [0.15, 0.2) is 0 Å². The summed E-state index contributed by atoms with van der Waals surface area (Å²) in [5, 5.41) is 7.06. The van der Waals surface area contributed by atoms with Crippen molar-refractivity contribution in [3.63, 3.8) is 0 Å². The standard InChI is InChI=1S/C30H42N6O/c1-35(17-3-13-31)18-4-14-33-27-21-29(34-30(22-27)26-9-11-28(37-2)12-10-26)25-7-5-24(6-8-25)23-36-19-15-32-16-20-36/h5-12,21-22,32H,3-4,13-20,23,31H2,1-2H3,(H,33,34). The fraction of sp³-hybridized carbons (Fsp3) is 0.433. The lowest BCUT2D eigenvalue weighted by Gasteiger charge is -2.27. The van der Waals surface area contributed by atoms with Gasteiger partial charge in [-0.15, -0.1) is 0 Å². The molecule has 3 aromatic rings. The molecule has 1 aliphatic rings. The average molecular weight is 503 g/mol. The van der Waals surface area contributed by atoms with E-state index in [1.807, 2.05) is 12.1 Å². The van der Waals surface area contributed by atoms with Gasteiger partial charge in [-0.25, -0.2) is 4.98 Å². The molecule has 0 spiro atoms. The van der Waals surface area contributed by atoms with Crippen LogP contribution in [0.15, 0.2) is 60.7 Å². The summed E-state index contributed by atoms with van der Waals surface area (Å²) in [6, 6.07) is 21.3. The van der Waals surface area contributed by atoms with Crippen molar-refractivity contribution in [2.75, 3.05) is 71.8 Å². The molecule has 2 aromatic carbocycles. The van der Waals surface area contributed by atoms with E-state index in [1.165, 1.54) is 5.56 Å². The lowest BCUT2D eigenvalue weighted by molar-refractivity contribution is 0.233. The summed E-state index contributed by atoms with van der Waals surface area (Å²) in [7, 11) is 3.85. The number of nitrogens with zero attached hydrogens (tertiary/aromatic N) is 3. The van der Waals surface area contributed by atoms with E-state index in [1.54, 1.807) is 7.11 Å². The van der Waals surface area contributed by atoms with Gasteiger partial charge in [-0.1, -0.05) is 24.3 Å². The normalized spacial score (nSPS) is 14.2. The van der Waals surface area contributed by atoms with Crippen LogP contribution in [-0.2, 0) is 6.54 Å². The molecule has 0 bridgehead atoms. The Kier molecular flexibility index (Phi) is 10.3. The summed E-state index contributed by atoms with van der Waals surface area (Å²) in [5.74, 6) is 0.845. The summed E-state index contributed by atoms with van der Waals surface area (Å²) in [6.45, 7) is 9.08. The Balaban J connectivity index is 1.49. The van der Waals surface area contributed by atoms with Crippen molar-refractivity contribution in [2.45, 2.75) is 19.4 Å². The quantitative estimate of drug-likeness (QED) is 0.306. The van der Waals surface area contributed by atoms with Gasteiger partial charge in [-0.2, -0.15) is 0 Å². The van der Waals surface area contributed by atoms with Gasteiger partial charge in [0.05, 0.1) is 18.5 Å². The first-order valence-corrected chi connectivity index (χ1v) is 13.5. The van der Waals surface area contributed by atoms with E-state index in [-0.39, 0.29) is 0 Å². The SMILES string of the molecule is COc1ccc(-c2cc(NCCCN(C)CCCN)cc(-c3ccc(CN4CCNCC4)cc3)n2)cc1. The summed E-state index contributed by atoms with van der Waals surface area (Å²) in [4.78, 5) is 9.89. The molecule has 7 nitrogen and oxygen atoms in total. The second kappa shape index (κ2) is 14.1. The molecular weight excluding hydrogens is 460 g/mol. The number of hydrogen-bond donors (Lipinski definition) is 3. The maximum atomic E-state index is 5.64. The number of ether oxygens (including phenoxy) is 1. The highest BCUT2D eigenvalue weighted by Crippen LogP contribution is 2.28. The van der Waals surface area contributed by atoms with Gasteiger partial charge in [0, 0.05) is 56.1 Å². The molecule has 2 heterocycles. The summed E-state index contributed by atoms with van der Waals surface area (Å²) >= 11 is 0. The molecule has 1 saturated heterocycles. The van der Waals surface area contributed by atoms with Crippen LogP contribution in [0.3, 0.4) is 0 Å². The smallest absolute Gasteiger partial charge is 0.118 e. The van der Waals surface area contributed by atoms with E-state index >= 15 is 0 Å². The zero-order chi connectivity index (χ0) is 25.9. The highest BCUT2D eigenvalue weighted by atomic mass is 16.5. The number of benzene rings is 2. The number of aromatic nitrogens is 1. The Bertz CT molecular complexity index is 1080. The molecule has 7 heteroatoms. The van der Waals surface area contributed by atoms with Crippen LogP contribution >= 0.6 is 0 Å². The molecule has 198 valence electrons. The van der Waals surface area contributed by atoms with E-state index in [9.17, 15) is 0 Å². The number of nitrogens with two attached hydrogens (primary N) is 1. The van der Waals surface area contributed by atoms with Crippen LogP contribution in [0.5, 0.6) is 5.75 Å². The summed E-state index contributed by atoms with van der Waals surface area (Å²) in [6.07, 6.45) is 2.11. The van der Waals surface area contributed by atoms with Crippen molar-refractivity contribution in [3.8, 4) is 28.3 Å². The van der Waals surface area contributed by atoms with Crippen molar-refractivity contribution < 1.29 is 4.74 Å². The molecule has 1 aromatic heterocycles. The summed E-state index contributed by atoms with van der Waals surface area (Å²) in [5.41, 5.74) is 12.2. The van der Waals surface area contributed by atoms with Gasteiger partial charge in [-0.3, -0.25) is 4.90 Å². The van der Waals surface area contributed by atoms with Crippen molar-refractivity contribution in [1.29, 1.82) is 0 Å². The van der Waals surface area contributed by atoms with Gasteiger partial charge < -0.3 is 26.0 Å². The Morgan fingerprint density at radius 1 is 0.946 bits per heavy atom. The van der Waals surface area contributed by atoms with Crippen molar-refractivity contribution in [2.24, 2.45) is 5.73 Å². The Labute approximate surface area is 222 Å². The summed E-state index contributed by atoms with van der Waals surface area (Å²) < 4.78 is 5.35. The van der Waals surface area contributed by atoms with Gasteiger partial charge in [0.1, 0.15) is 5.75 Å². The molecule has 0 radical (unpaired) electrons. The van der Waals surface area contributed by atoms with Crippen LogP contribution in [0.2, 0.25) is 0 Å². The minimum atomic E-state index is 0.743. The Hall–Kier alpha value is -2.97. The number of methoxy groups -OCH3 is 1. The second-order valence-corrected chi connectivity index (χ2v) is 9.80. The third-order valence-corrected chi connectivity index (χ3v) is 6.87. The molecule has 0 atom stereocenters. The predicted octanol–water partition coefficient (Wildman–Crippen LogP) is 3.91. The Morgan fingerprint density at radius 3 is 2.19 bits per heavy atom. The molecular formula is C30H42N6O. The molecule has 1 fully saturated rings. The Morgan fingerprint density at radius 2 is 1.57 bits per heavy atom. The topological polar surface area (TPSA) is 78.7 Å². The number of nitrogens with one attached hydrogen (secondary N) is 2. The maximum absolute atomic E-state index is 5.64. The first kappa shape index (κ1) is 27.1. The third kappa shape index (κ3) is 8.27. The lowest BCUT2D eigenvalue weighted by Crippen LogP contribution is -2.42. The molecule has 4 rings (SSSR count). The fourth-order valence-corrected chi connectivity index (χ4v) is 4.65. The minimum absolute atomic E-state index is 0.743. The monoisotopic (exact) mass is 502 g/mol. The molecule has 37 heavy (non-hydrogen) atoms. The van der Waals surface area contributed by atoms with Crippen molar-refractivity contribution in [3.05, 3.63) is 66.2 Å². The maximum Gasteiger partial charge on any atom is 0.118 e. The highest BCUT2D eigenvalue weighted by Gasteiger charge is 2.11. The second-order valence-electron chi connectivity index (χ2n) is 9.80.